The molecule has 0 aliphatic carbocycles. The van der Waals surface area contributed by atoms with Crippen LogP contribution >= 0.6 is 0 Å². The molecule has 2 aromatic rings. The number of amides is 1. The zero-order valence-electron chi connectivity index (χ0n) is 17.5. The maximum Gasteiger partial charge on any atom is 0.258 e. The third kappa shape index (κ3) is 5.28. The molecular weight excluding hydrogens is 348 g/mol. The number of carbonyl (C=O) groups excluding carboxylic acids is 1. The van der Waals surface area contributed by atoms with Crippen molar-refractivity contribution in [2.24, 2.45) is 5.92 Å². The fraction of sp³-hybridized carbons (Fsp3) is 0.458. The van der Waals surface area contributed by atoms with E-state index in [1.165, 1.54) is 24.1 Å². The molecular formula is C24H32N2O2. The monoisotopic (exact) mass is 380 g/mol. The predicted octanol–water partition coefficient (Wildman–Crippen LogP) is 4.80. The number of nitrogens with one attached hydrogen (secondary N) is 1. The van der Waals surface area contributed by atoms with Crippen molar-refractivity contribution >= 4 is 11.6 Å². The van der Waals surface area contributed by atoms with Gasteiger partial charge in [-0.2, -0.15) is 0 Å². The lowest BCUT2D eigenvalue weighted by molar-refractivity contribution is -0.123. The molecule has 3 rings (SSSR count). The Morgan fingerprint density at radius 3 is 2.61 bits per heavy atom. The first-order valence-corrected chi connectivity index (χ1v) is 10.3. The Labute approximate surface area is 168 Å². The number of nitrogens with zero attached hydrogens (tertiary/aromatic N) is 1. The molecule has 0 saturated carbocycles. The van der Waals surface area contributed by atoms with Gasteiger partial charge in [-0.15, -0.1) is 0 Å². The van der Waals surface area contributed by atoms with Crippen LogP contribution in [0.15, 0.2) is 42.5 Å². The van der Waals surface area contributed by atoms with Gasteiger partial charge in [-0.3, -0.25) is 4.79 Å². The number of hydrogen-bond donors (Lipinski definition) is 1. The molecule has 1 aliphatic heterocycles. The molecule has 0 spiro atoms. The highest BCUT2D eigenvalue weighted by atomic mass is 16.5. The SMILES string of the molecule is Cc1ccc(OCC(=O)N[C@H](C)c2ccc(N3CCC[C@H](C)C3)cc2)cc1C. The van der Waals surface area contributed by atoms with Gasteiger partial charge in [-0.05, 0) is 80.5 Å². The number of benzene rings is 2. The van der Waals surface area contributed by atoms with Crippen molar-refractivity contribution in [1.82, 2.24) is 5.32 Å². The van der Waals surface area contributed by atoms with Crippen LogP contribution in [-0.2, 0) is 4.79 Å². The van der Waals surface area contributed by atoms with E-state index in [9.17, 15) is 4.79 Å². The summed E-state index contributed by atoms with van der Waals surface area (Å²) in [6.07, 6.45) is 2.58. The smallest absolute Gasteiger partial charge is 0.258 e. The van der Waals surface area contributed by atoms with Crippen molar-refractivity contribution in [1.29, 1.82) is 0 Å². The molecule has 1 fully saturated rings. The van der Waals surface area contributed by atoms with Crippen molar-refractivity contribution < 1.29 is 9.53 Å². The predicted molar refractivity (Wildman–Crippen MR) is 115 cm³/mol. The highest BCUT2D eigenvalue weighted by Gasteiger charge is 2.17. The molecule has 1 aliphatic rings. The molecule has 1 N–H and O–H groups in total. The van der Waals surface area contributed by atoms with E-state index in [0.29, 0.717) is 0 Å². The van der Waals surface area contributed by atoms with E-state index in [-0.39, 0.29) is 18.6 Å². The lowest BCUT2D eigenvalue weighted by atomic mass is 9.99. The minimum atomic E-state index is -0.111. The zero-order valence-corrected chi connectivity index (χ0v) is 17.5. The topological polar surface area (TPSA) is 41.6 Å². The van der Waals surface area contributed by atoms with Gasteiger partial charge >= 0.3 is 0 Å². The van der Waals surface area contributed by atoms with E-state index >= 15 is 0 Å². The summed E-state index contributed by atoms with van der Waals surface area (Å²) in [6.45, 7) is 10.7. The zero-order chi connectivity index (χ0) is 20.1. The molecule has 1 heterocycles. The number of carbonyl (C=O) groups is 1. The van der Waals surface area contributed by atoms with Crippen LogP contribution in [0.1, 0.15) is 49.4 Å². The van der Waals surface area contributed by atoms with Gasteiger partial charge in [0.2, 0.25) is 0 Å². The lowest BCUT2D eigenvalue weighted by Gasteiger charge is -2.33. The summed E-state index contributed by atoms with van der Waals surface area (Å²) in [5.74, 6) is 1.37. The van der Waals surface area contributed by atoms with Gasteiger partial charge in [0.15, 0.2) is 6.61 Å². The van der Waals surface area contributed by atoms with Crippen LogP contribution in [0.3, 0.4) is 0 Å². The Balaban J connectivity index is 1.51. The summed E-state index contributed by atoms with van der Waals surface area (Å²) in [5, 5.41) is 3.02. The van der Waals surface area contributed by atoms with Gasteiger partial charge in [0.25, 0.3) is 5.91 Å². The summed E-state index contributed by atoms with van der Waals surface area (Å²) in [4.78, 5) is 14.7. The standard InChI is InChI=1S/C24H32N2O2/c1-17-6-5-13-26(15-17)22-10-8-21(9-11-22)20(4)25-24(27)16-28-23-12-7-18(2)19(3)14-23/h7-12,14,17,20H,5-6,13,15-16H2,1-4H3,(H,25,27)/t17-,20+/m0/s1. The molecule has 0 unspecified atom stereocenters. The van der Waals surface area contributed by atoms with Crippen LogP contribution in [0, 0.1) is 19.8 Å². The van der Waals surface area contributed by atoms with Crippen molar-refractivity contribution in [2.75, 3.05) is 24.6 Å². The Kier molecular flexibility index (Phi) is 6.61. The quantitative estimate of drug-likeness (QED) is 0.783. The second kappa shape index (κ2) is 9.13. The van der Waals surface area contributed by atoms with Crippen LogP contribution in [0.5, 0.6) is 5.75 Å². The Hall–Kier alpha value is -2.49. The van der Waals surface area contributed by atoms with Gasteiger partial charge in [0.05, 0.1) is 6.04 Å². The average molecular weight is 381 g/mol. The third-order valence-corrected chi connectivity index (χ3v) is 5.64. The van der Waals surface area contributed by atoms with Crippen molar-refractivity contribution in [3.05, 3.63) is 59.2 Å². The molecule has 0 aromatic heterocycles. The lowest BCUT2D eigenvalue weighted by Crippen LogP contribution is -2.34. The maximum atomic E-state index is 12.3. The molecule has 2 atom stereocenters. The van der Waals surface area contributed by atoms with Crippen LogP contribution in [0.25, 0.3) is 0 Å². The normalized spacial score (nSPS) is 17.9. The van der Waals surface area contributed by atoms with Crippen LogP contribution in [0.2, 0.25) is 0 Å². The van der Waals surface area contributed by atoms with Gasteiger partial charge in [-0.1, -0.05) is 25.1 Å². The largest absolute Gasteiger partial charge is 0.484 e. The molecule has 2 aromatic carbocycles. The van der Waals surface area contributed by atoms with E-state index < -0.39 is 0 Å². The Bertz CT molecular complexity index is 801. The van der Waals surface area contributed by atoms with Crippen molar-refractivity contribution in [2.45, 2.75) is 46.6 Å². The molecule has 28 heavy (non-hydrogen) atoms. The van der Waals surface area contributed by atoms with E-state index in [4.69, 9.17) is 4.74 Å². The first-order valence-electron chi connectivity index (χ1n) is 10.3. The molecule has 4 nitrogen and oxygen atoms in total. The summed E-state index contributed by atoms with van der Waals surface area (Å²) < 4.78 is 5.63. The highest BCUT2D eigenvalue weighted by Crippen LogP contribution is 2.24. The molecule has 1 saturated heterocycles. The molecule has 150 valence electrons. The number of rotatable bonds is 6. The number of hydrogen-bond acceptors (Lipinski definition) is 3. The van der Waals surface area contributed by atoms with Gasteiger partial charge < -0.3 is 15.0 Å². The molecule has 0 radical (unpaired) electrons. The van der Waals surface area contributed by atoms with E-state index in [1.54, 1.807) is 0 Å². The highest BCUT2D eigenvalue weighted by molar-refractivity contribution is 5.78. The Morgan fingerprint density at radius 2 is 1.93 bits per heavy atom. The fourth-order valence-electron chi connectivity index (χ4n) is 3.72. The summed E-state index contributed by atoms with van der Waals surface area (Å²) in [5.41, 5.74) is 4.75. The Morgan fingerprint density at radius 1 is 1.18 bits per heavy atom. The summed E-state index contributed by atoms with van der Waals surface area (Å²) in [7, 11) is 0. The van der Waals surface area contributed by atoms with Crippen LogP contribution < -0.4 is 15.0 Å². The van der Waals surface area contributed by atoms with Crippen LogP contribution in [0.4, 0.5) is 5.69 Å². The van der Waals surface area contributed by atoms with Crippen molar-refractivity contribution in [3.8, 4) is 5.75 Å². The number of anilines is 1. The summed E-state index contributed by atoms with van der Waals surface area (Å²) in [6, 6.07) is 14.4. The van der Waals surface area contributed by atoms with Crippen molar-refractivity contribution in [3.63, 3.8) is 0 Å². The minimum absolute atomic E-state index is 0.0244. The van der Waals surface area contributed by atoms with E-state index in [0.717, 1.165) is 35.9 Å². The fourth-order valence-corrected chi connectivity index (χ4v) is 3.72. The van der Waals surface area contributed by atoms with Gasteiger partial charge in [0, 0.05) is 18.8 Å². The first-order chi connectivity index (χ1) is 13.4. The second-order valence-electron chi connectivity index (χ2n) is 8.11. The van der Waals surface area contributed by atoms with E-state index in [1.807, 2.05) is 32.0 Å². The minimum Gasteiger partial charge on any atom is -0.484 e. The van der Waals surface area contributed by atoms with Crippen LogP contribution in [-0.4, -0.2) is 25.6 Å². The number of ether oxygens (including phenoxy) is 1. The average Bonchev–Trinajstić information content (AvgIpc) is 2.69. The summed E-state index contributed by atoms with van der Waals surface area (Å²) >= 11 is 0. The number of aryl methyl sites for hydroxylation is 2. The van der Waals surface area contributed by atoms with E-state index in [2.05, 4.69) is 48.3 Å². The first kappa shape index (κ1) is 20.2. The van der Waals surface area contributed by atoms with Gasteiger partial charge in [0.1, 0.15) is 5.75 Å². The maximum absolute atomic E-state index is 12.3. The number of piperidine rings is 1. The second-order valence-corrected chi connectivity index (χ2v) is 8.11. The molecule has 1 amide bonds. The molecule has 0 bridgehead atoms. The molecule has 4 heteroatoms. The van der Waals surface area contributed by atoms with Gasteiger partial charge in [-0.25, -0.2) is 0 Å². The third-order valence-electron chi connectivity index (χ3n) is 5.64.